The van der Waals surface area contributed by atoms with Crippen molar-refractivity contribution in [1.29, 1.82) is 0 Å². The second-order valence-electron chi connectivity index (χ2n) is 16.0. The van der Waals surface area contributed by atoms with Crippen molar-refractivity contribution in [2.75, 3.05) is 0 Å². The van der Waals surface area contributed by atoms with Gasteiger partial charge in [0.1, 0.15) is 0 Å². The summed E-state index contributed by atoms with van der Waals surface area (Å²) in [5.74, 6) is 1.81. The number of fused-ring (bicyclic) bond motifs is 10. The highest BCUT2D eigenvalue weighted by Gasteiger charge is 2.25. The minimum Gasteiger partial charge on any atom is -0.306 e. The number of benzene rings is 9. The zero-order valence-corrected chi connectivity index (χ0v) is 34.7. The van der Waals surface area contributed by atoms with E-state index < -0.39 is 0 Å². The molecule has 0 saturated heterocycles. The molecule has 0 N–H and O–H groups in total. The van der Waals surface area contributed by atoms with E-state index in [2.05, 4.69) is 185 Å². The minimum atomic E-state index is 0.566. The van der Waals surface area contributed by atoms with Gasteiger partial charge in [-0.25, -0.2) is 4.98 Å². The van der Waals surface area contributed by atoms with Gasteiger partial charge in [0.2, 0.25) is 5.95 Å². The summed E-state index contributed by atoms with van der Waals surface area (Å²) < 4.78 is 7.29. The van der Waals surface area contributed by atoms with Gasteiger partial charge in [-0.15, -0.1) is 11.3 Å². The first-order valence-electron chi connectivity index (χ1n) is 21.2. The Morgan fingerprint density at radius 2 is 0.810 bits per heavy atom. The van der Waals surface area contributed by atoms with Crippen LogP contribution in [0.4, 0.5) is 0 Å². The van der Waals surface area contributed by atoms with Gasteiger partial charge in [-0.1, -0.05) is 176 Å². The van der Waals surface area contributed by atoms with E-state index in [1.54, 1.807) is 0 Å². The van der Waals surface area contributed by atoms with Crippen molar-refractivity contribution in [3.05, 3.63) is 212 Å². The molecule has 6 heteroatoms. The quantitative estimate of drug-likeness (QED) is 0.168. The van der Waals surface area contributed by atoms with Crippen LogP contribution in [-0.4, -0.2) is 24.1 Å². The Bertz CT molecular complexity index is 3850. The lowest BCUT2D eigenvalue weighted by atomic mass is 9.97. The van der Waals surface area contributed by atoms with Crippen molar-refractivity contribution >= 4 is 75.1 Å². The molecule has 0 aliphatic rings. The predicted octanol–water partition coefficient (Wildman–Crippen LogP) is 15.1. The number of hydrogen-bond donors (Lipinski definition) is 0. The molecule has 5 nitrogen and oxygen atoms in total. The number of para-hydroxylation sites is 2. The maximum absolute atomic E-state index is 5.33. The Hall–Kier alpha value is -8.19. The fourth-order valence-electron chi connectivity index (χ4n) is 9.51. The Morgan fingerprint density at radius 3 is 1.44 bits per heavy atom. The van der Waals surface area contributed by atoms with Crippen molar-refractivity contribution < 1.29 is 0 Å². The SMILES string of the molecule is c1ccc(-c2cccc(-c3cc(-n4c5ccccc5c5ccc6c7ccccc7n(-c7nc(-c8ccccc8)nc(-c8ccccc8)n7)c6c54)c4sc5ccccc5c4c3)c2)cc1. The normalized spacial score (nSPS) is 11.8. The molecule has 0 bridgehead atoms. The molecule has 0 fully saturated rings. The molecule has 13 rings (SSSR count). The summed E-state index contributed by atoms with van der Waals surface area (Å²) in [5.41, 5.74) is 12.0. The van der Waals surface area contributed by atoms with Gasteiger partial charge in [0, 0.05) is 48.1 Å². The van der Waals surface area contributed by atoms with E-state index in [9.17, 15) is 0 Å². The van der Waals surface area contributed by atoms with Gasteiger partial charge in [0.05, 0.1) is 32.5 Å². The van der Waals surface area contributed by atoms with E-state index in [1.807, 2.05) is 47.7 Å². The average Bonchev–Trinajstić information content (AvgIpc) is 4.02. The van der Waals surface area contributed by atoms with Crippen molar-refractivity contribution in [2.45, 2.75) is 0 Å². The molecule has 4 aromatic heterocycles. The highest BCUT2D eigenvalue weighted by Crippen LogP contribution is 2.46. The molecular formula is C57H35N5S. The van der Waals surface area contributed by atoms with Crippen LogP contribution in [0.3, 0.4) is 0 Å². The van der Waals surface area contributed by atoms with Crippen molar-refractivity contribution in [2.24, 2.45) is 0 Å². The van der Waals surface area contributed by atoms with E-state index in [0.717, 1.165) is 60.6 Å². The van der Waals surface area contributed by atoms with Crippen LogP contribution < -0.4 is 0 Å². The molecule has 13 aromatic rings. The molecule has 0 aliphatic carbocycles. The number of hydrogen-bond acceptors (Lipinski definition) is 4. The van der Waals surface area contributed by atoms with Gasteiger partial charge in [0.15, 0.2) is 11.6 Å². The van der Waals surface area contributed by atoms with E-state index >= 15 is 0 Å². The fourth-order valence-corrected chi connectivity index (χ4v) is 10.7. The number of aromatic nitrogens is 5. The van der Waals surface area contributed by atoms with Crippen LogP contribution in [0.15, 0.2) is 212 Å². The summed E-state index contributed by atoms with van der Waals surface area (Å²) in [6, 6.07) is 75.7. The molecule has 0 saturated carbocycles. The maximum atomic E-state index is 5.33. The van der Waals surface area contributed by atoms with Crippen molar-refractivity contribution in [1.82, 2.24) is 24.1 Å². The van der Waals surface area contributed by atoms with Gasteiger partial charge >= 0.3 is 0 Å². The van der Waals surface area contributed by atoms with Crippen LogP contribution in [0.2, 0.25) is 0 Å². The number of nitrogens with zero attached hydrogens (tertiary/aromatic N) is 5. The summed E-state index contributed by atoms with van der Waals surface area (Å²) in [7, 11) is 0. The van der Waals surface area contributed by atoms with Crippen molar-refractivity contribution in [3.63, 3.8) is 0 Å². The molecular weight excluding hydrogens is 787 g/mol. The van der Waals surface area contributed by atoms with E-state index in [-0.39, 0.29) is 0 Å². The first-order valence-corrected chi connectivity index (χ1v) is 22.0. The van der Waals surface area contributed by atoms with Crippen LogP contribution in [0.25, 0.3) is 120 Å². The number of thiophene rings is 1. The summed E-state index contributed by atoms with van der Waals surface area (Å²) >= 11 is 1.86. The molecule has 0 atom stereocenters. The maximum Gasteiger partial charge on any atom is 0.238 e. The zero-order valence-electron chi connectivity index (χ0n) is 33.9. The molecule has 63 heavy (non-hydrogen) atoms. The average molecular weight is 822 g/mol. The minimum absolute atomic E-state index is 0.566. The Morgan fingerprint density at radius 1 is 0.317 bits per heavy atom. The van der Waals surface area contributed by atoms with Crippen LogP contribution >= 0.6 is 11.3 Å². The molecule has 0 unspecified atom stereocenters. The molecule has 4 heterocycles. The topological polar surface area (TPSA) is 48.5 Å². The standard InChI is InChI=1S/C57H35N5S/c1-4-17-36(18-5-1)39-23-16-24-40(33-39)41-34-47-44-27-12-15-30-51(44)63-54(47)50(35-41)61-48-28-13-10-25-42(48)45-31-32-46-43-26-11-14-29-49(43)62(53(46)52(45)61)57-59-55(37-19-6-2-7-20-37)58-56(60-57)38-21-8-3-9-22-38/h1-35H. The molecule has 9 aromatic carbocycles. The summed E-state index contributed by atoms with van der Waals surface area (Å²) in [5, 5.41) is 7.10. The van der Waals surface area contributed by atoms with Crippen LogP contribution in [-0.2, 0) is 0 Å². The van der Waals surface area contributed by atoms with Gasteiger partial charge in [0.25, 0.3) is 0 Å². The van der Waals surface area contributed by atoms with Crippen LogP contribution in [0.5, 0.6) is 0 Å². The van der Waals surface area contributed by atoms with Gasteiger partial charge in [-0.2, -0.15) is 9.97 Å². The number of rotatable bonds is 6. The summed E-state index contributed by atoms with van der Waals surface area (Å²) in [4.78, 5) is 15.8. The summed E-state index contributed by atoms with van der Waals surface area (Å²) in [6.45, 7) is 0. The molecule has 0 amide bonds. The Balaban J connectivity index is 1.18. The van der Waals surface area contributed by atoms with Gasteiger partial charge in [-0.3, -0.25) is 4.57 Å². The first kappa shape index (κ1) is 35.6. The van der Waals surface area contributed by atoms with Crippen LogP contribution in [0.1, 0.15) is 0 Å². The van der Waals surface area contributed by atoms with E-state index in [4.69, 9.17) is 15.0 Å². The van der Waals surface area contributed by atoms with E-state index in [1.165, 1.54) is 42.2 Å². The Labute approximate surface area is 366 Å². The second kappa shape index (κ2) is 14.2. The lowest BCUT2D eigenvalue weighted by molar-refractivity contribution is 0.953. The molecule has 0 aliphatic heterocycles. The Kier molecular flexibility index (Phi) is 8.01. The van der Waals surface area contributed by atoms with E-state index in [0.29, 0.717) is 17.6 Å². The third-order valence-corrected chi connectivity index (χ3v) is 13.6. The predicted molar refractivity (Wildman–Crippen MR) is 263 cm³/mol. The molecule has 0 radical (unpaired) electrons. The lowest BCUT2D eigenvalue weighted by Gasteiger charge is -2.15. The molecule has 0 spiro atoms. The van der Waals surface area contributed by atoms with Gasteiger partial charge < -0.3 is 4.57 Å². The highest BCUT2D eigenvalue weighted by molar-refractivity contribution is 7.26. The second-order valence-corrected chi connectivity index (χ2v) is 17.0. The smallest absolute Gasteiger partial charge is 0.238 e. The zero-order chi connectivity index (χ0) is 41.4. The lowest BCUT2D eigenvalue weighted by Crippen LogP contribution is -2.07. The molecule has 294 valence electrons. The third kappa shape index (κ3) is 5.66. The van der Waals surface area contributed by atoms with Gasteiger partial charge in [-0.05, 0) is 58.7 Å². The largest absolute Gasteiger partial charge is 0.306 e. The monoisotopic (exact) mass is 821 g/mol. The van der Waals surface area contributed by atoms with Crippen molar-refractivity contribution in [3.8, 4) is 56.7 Å². The first-order chi connectivity index (χ1) is 31.2. The highest BCUT2D eigenvalue weighted by atomic mass is 32.1. The summed E-state index contributed by atoms with van der Waals surface area (Å²) in [6.07, 6.45) is 0. The fraction of sp³-hybridized carbons (Fsp3) is 0. The third-order valence-electron chi connectivity index (χ3n) is 12.4. The van der Waals surface area contributed by atoms with Crippen LogP contribution in [0, 0.1) is 0 Å².